The highest BCUT2D eigenvalue weighted by molar-refractivity contribution is 7.14. The second-order valence-corrected chi connectivity index (χ2v) is 5.23. The molecule has 2 amide bonds. The van der Waals surface area contributed by atoms with Gasteiger partial charge in [-0.25, -0.2) is 4.79 Å². The van der Waals surface area contributed by atoms with Crippen LogP contribution < -0.4 is 10.6 Å². The molecule has 0 saturated carbocycles. The number of anilines is 1. The molecule has 0 spiro atoms. The Labute approximate surface area is 120 Å². The molecule has 3 aromatic rings. The lowest BCUT2D eigenvalue weighted by Crippen LogP contribution is -2.28. The smallest absolute Gasteiger partial charge is 0.320 e. The van der Waals surface area contributed by atoms with E-state index < -0.39 is 0 Å². The van der Waals surface area contributed by atoms with E-state index in [4.69, 9.17) is 0 Å². The van der Waals surface area contributed by atoms with Crippen LogP contribution in [0.25, 0.3) is 10.9 Å². The van der Waals surface area contributed by atoms with Crippen molar-refractivity contribution in [2.24, 2.45) is 0 Å². The molecule has 0 unspecified atom stereocenters. The number of fused-ring (bicyclic) bond motifs is 1. The first-order chi connectivity index (χ1) is 9.81. The average Bonchev–Trinajstić information content (AvgIpc) is 2.98. The van der Waals surface area contributed by atoms with Gasteiger partial charge >= 0.3 is 6.03 Å². The number of urea groups is 1. The molecule has 0 saturated heterocycles. The number of carbonyl (C=O) groups is 1. The fourth-order valence-electron chi connectivity index (χ4n) is 1.88. The van der Waals surface area contributed by atoms with Crippen LogP contribution in [0, 0.1) is 0 Å². The van der Waals surface area contributed by atoms with Gasteiger partial charge in [0.25, 0.3) is 0 Å². The fraction of sp³-hybridized carbons (Fsp3) is 0.0667. The van der Waals surface area contributed by atoms with E-state index in [1.165, 1.54) is 11.3 Å². The van der Waals surface area contributed by atoms with E-state index in [1.807, 2.05) is 53.9 Å². The first kappa shape index (κ1) is 12.6. The summed E-state index contributed by atoms with van der Waals surface area (Å²) < 4.78 is 0. The second kappa shape index (κ2) is 5.71. The first-order valence-corrected chi connectivity index (χ1v) is 7.12. The quantitative estimate of drug-likeness (QED) is 0.771. The Balaban J connectivity index is 1.63. The molecule has 4 nitrogen and oxygen atoms in total. The Morgan fingerprint density at radius 2 is 2.00 bits per heavy atom. The molecule has 0 aliphatic heterocycles. The first-order valence-electron chi connectivity index (χ1n) is 6.24. The largest absolute Gasteiger partial charge is 0.332 e. The van der Waals surface area contributed by atoms with Gasteiger partial charge in [0, 0.05) is 5.39 Å². The Hall–Kier alpha value is -2.40. The number of amides is 2. The molecule has 0 atom stereocenters. The number of hydrogen-bond acceptors (Lipinski definition) is 3. The molecule has 100 valence electrons. The van der Waals surface area contributed by atoms with Crippen LogP contribution in [0.15, 0.2) is 53.9 Å². The monoisotopic (exact) mass is 283 g/mol. The second-order valence-electron chi connectivity index (χ2n) is 4.28. The molecule has 0 radical (unpaired) electrons. The van der Waals surface area contributed by atoms with Crippen molar-refractivity contribution in [3.63, 3.8) is 0 Å². The van der Waals surface area contributed by atoms with Crippen molar-refractivity contribution in [3.05, 3.63) is 59.6 Å². The van der Waals surface area contributed by atoms with Crippen LogP contribution in [0.1, 0.15) is 5.69 Å². The third kappa shape index (κ3) is 2.95. The number of benzene rings is 1. The fourth-order valence-corrected chi connectivity index (χ4v) is 2.50. The summed E-state index contributed by atoms with van der Waals surface area (Å²) in [4.78, 5) is 16.2. The van der Waals surface area contributed by atoms with Crippen molar-refractivity contribution in [3.8, 4) is 0 Å². The van der Waals surface area contributed by atoms with E-state index in [0.717, 1.165) is 21.6 Å². The molecule has 0 aliphatic carbocycles. The van der Waals surface area contributed by atoms with Gasteiger partial charge in [-0.05, 0) is 29.6 Å². The Morgan fingerprint density at radius 3 is 2.85 bits per heavy atom. The van der Waals surface area contributed by atoms with Crippen molar-refractivity contribution < 1.29 is 4.79 Å². The van der Waals surface area contributed by atoms with Gasteiger partial charge in [0.2, 0.25) is 0 Å². The Morgan fingerprint density at radius 1 is 1.10 bits per heavy atom. The highest BCUT2D eigenvalue weighted by Gasteiger charge is 2.03. The number of aromatic nitrogens is 1. The maximum Gasteiger partial charge on any atom is 0.320 e. The van der Waals surface area contributed by atoms with Crippen LogP contribution in [0.2, 0.25) is 0 Å². The molecule has 0 fully saturated rings. The van der Waals surface area contributed by atoms with Crippen LogP contribution >= 0.6 is 11.3 Å². The van der Waals surface area contributed by atoms with Gasteiger partial charge in [0.15, 0.2) is 0 Å². The van der Waals surface area contributed by atoms with E-state index in [-0.39, 0.29) is 6.03 Å². The van der Waals surface area contributed by atoms with Gasteiger partial charge < -0.3 is 5.32 Å². The highest BCUT2D eigenvalue weighted by Crippen LogP contribution is 2.14. The minimum atomic E-state index is -0.220. The van der Waals surface area contributed by atoms with Crippen molar-refractivity contribution in [1.82, 2.24) is 10.3 Å². The molecular formula is C15H13N3OS. The number of nitrogens with zero attached hydrogens (tertiary/aromatic N) is 1. The number of para-hydroxylation sites is 1. The molecule has 1 aromatic carbocycles. The average molecular weight is 283 g/mol. The van der Waals surface area contributed by atoms with Crippen LogP contribution in [-0.2, 0) is 6.54 Å². The zero-order valence-corrected chi connectivity index (χ0v) is 11.5. The van der Waals surface area contributed by atoms with Crippen molar-refractivity contribution in [1.29, 1.82) is 0 Å². The van der Waals surface area contributed by atoms with Gasteiger partial charge in [-0.1, -0.05) is 24.3 Å². The molecule has 0 aliphatic rings. The van der Waals surface area contributed by atoms with Crippen molar-refractivity contribution in [2.45, 2.75) is 6.54 Å². The summed E-state index contributed by atoms with van der Waals surface area (Å²) in [7, 11) is 0. The maximum atomic E-state index is 11.7. The van der Waals surface area contributed by atoms with Gasteiger partial charge in [-0.3, -0.25) is 10.3 Å². The van der Waals surface area contributed by atoms with E-state index in [2.05, 4.69) is 15.6 Å². The molecule has 5 heteroatoms. The SMILES string of the molecule is O=C(NCc1ccc2ccccc2n1)Nc1cccs1. The summed E-state index contributed by atoms with van der Waals surface area (Å²) in [6.07, 6.45) is 0. The topological polar surface area (TPSA) is 54.0 Å². The summed E-state index contributed by atoms with van der Waals surface area (Å²) in [6.45, 7) is 0.405. The lowest BCUT2D eigenvalue weighted by atomic mass is 10.2. The van der Waals surface area contributed by atoms with Crippen LogP contribution in [0.4, 0.5) is 9.80 Å². The third-order valence-corrected chi connectivity index (χ3v) is 3.63. The van der Waals surface area contributed by atoms with Crippen LogP contribution in [0.3, 0.4) is 0 Å². The van der Waals surface area contributed by atoms with E-state index >= 15 is 0 Å². The van der Waals surface area contributed by atoms with Crippen molar-refractivity contribution >= 4 is 33.3 Å². The number of thiophene rings is 1. The minimum Gasteiger partial charge on any atom is -0.332 e. The normalized spacial score (nSPS) is 10.4. The molecular weight excluding hydrogens is 270 g/mol. The predicted molar refractivity (Wildman–Crippen MR) is 81.9 cm³/mol. The molecule has 2 aromatic heterocycles. The summed E-state index contributed by atoms with van der Waals surface area (Å²) in [5.41, 5.74) is 1.77. The molecule has 3 rings (SSSR count). The van der Waals surface area contributed by atoms with Gasteiger partial charge in [0.1, 0.15) is 0 Å². The third-order valence-electron chi connectivity index (χ3n) is 2.84. The van der Waals surface area contributed by atoms with Crippen LogP contribution in [0.5, 0.6) is 0 Å². The zero-order valence-electron chi connectivity index (χ0n) is 10.7. The zero-order chi connectivity index (χ0) is 13.8. The number of nitrogens with one attached hydrogen (secondary N) is 2. The summed E-state index contributed by atoms with van der Waals surface area (Å²) >= 11 is 1.49. The lowest BCUT2D eigenvalue weighted by Gasteiger charge is -2.06. The Kier molecular flexibility index (Phi) is 3.60. The molecule has 2 N–H and O–H groups in total. The predicted octanol–water partition coefficient (Wildman–Crippen LogP) is 3.62. The van der Waals surface area contributed by atoms with E-state index in [9.17, 15) is 4.79 Å². The summed E-state index contributed by atoms with van der Waals surface area (Å²) in [5.74, 6) is 0. The maximum absolute atomic E-state index is 11.7. The summed E-state index contributed by atoms with van der Waals surface area (Å²) in [5, 5.41) is 9.41. The number of hydrogen-bond donors (Lipinski definition) is 2. The number of carbonyl (C=O) groups excluding carboxylic acids is 1. The minimum absolute atomic E-state index is 0.220. The molecule has 0 bridgehead atoms. The van der Waals surface area contributed by atoms with Crippen LogP contribution in [-0.4, -0.2) is 11.0 Å². The van der Waals surface area contributed by atoms with Gasteiger partial charge in [0.05, 0.1) is 22.8 Å². The van der Waals surface area contributed by atoms with E-state index in [0.29, 0.717) is 6.54 Å². The number of pyridine rings is 1. The van der Waals surface area contributed by atoms with Gasteiger partial charge in [-0.2, -0.15) is 0 Å². The number of rotatable bonds is 3. The summed E-state index contributed by atoms with van der Waals surface area (Å²) in [6, 6.07) is 15.4. The van der Waals surface area contributed by atoms with E-state index in [1.54, 1.807) is 0 Å². The van der Waals surface area contributed by atoms with Crippen molar-refractivity contribution in [2.75, 3.05) is 5.32 Å². The van der Waals surface area contributed by atoms with Gasteiger partial charge in [-0.15, -0.1) is 11.3 Å². The highest BCUT2D eigenvalue weighted by atomic mass is 32.1. The molecule has 20 heavy (non-hydrogen) atoms. The molecule has 2 heterocycles. The standard InChI is InChI=1S/C15H13N3OS/c19-15(18-14-6-3-9-20-14)16-10-12-8-7-11-4-1-2-5-13(11)17-12/h1-9H,10H2,(H2,16,18,19). The lowest BCUT2D eigenvalue weighted by molar-refractivity contribution is 0.251. The Bertz CT molecular complexity index is 725.